The summed E-state index contributed by atoms with van der Waals surface area (Å²) in [6.45, 7) is 2.42. The number of nitrogens with zero attached hydrogens (tertiary/aromatic N) is 1. The van der Waals surface area contributed by atoms with Crippen molar-refractivity contribution in [1.29, 1.82) is 0 Å². The van der Waals surface area contributed by atoms with Crippen LogP contribution >= 0.6 is 11.6 Å². The summed E-state index contributed by atoms with van der Waals surface area (Å²) in [7, 11) is 0. The number of hydrogen-bond acceptors (Lipinski definition) is 1. The van der Waals surface area contributed by atoms with E-state index >= 15 is 0 Å². The molecule has 1 aliphatic heterocycles. The van der Waals surface area contributed by atoms with E-state index in [1.807, 2.05) is 12.1 Å². The first kappa shape index (κ1) is 13.7. The fraction of sp³-hybridized carbons (Fsp3) is 0.333. The van der Waals surface area contributed by atoms with Gasteiger partial charge in [-0.2, -0.15) is 0 Å². The number of hydrogen-bond donors (Lipinski definition) is 0. The standard InChI is InChI=1S/C18H20ClN/c19-17-10-6-7-15(13-17)14-18(20-11-4-5-12-20)16-8-2-1-3-9-16/h1-3,6-10,13,18H,4-5,11-12,14H2. The molecule has 20 heavy (non-hydrogen) atoms. The Labute approximate surface area is 126 Å². The van der Waals surface area contributed by atoms with Gasteiger partial charge < -0.3 is 0 Å². The molecule has 0 bridgehead atoms. The molecule has 1 unspecified atom stereocenters. The maximum absolute atomic E-state index is 6.12. The van der Waals surface area contributed by atoms with Gasteiger partial charge in [-0.25, -0.2) is 0 Å². The SMILES string of the molecule is Clc1cccc(CC(c2ccccc2)N2CCCC2)c1. The minimum atomic E-state index is 0.470. The van der Waals surface area contributed by atoms with Crippen LogP contribution in [0.4, 0.5) is 0 Å². The molecule has 1 nitrogen and oxygen atoms in total. The largest absolute Gasteiger partial charge is 0.296 e. The van der Waals surface area contributed by atoms with Crippen molar-refractivity contribution in [3.63, 3.8) is 0 Å². The topological polar surface area (TPSA) is 3.24 Å². The lowest BCUT2D eigenvalue weighted by molar-refractivity contribution is 0.244. The molecule has 0 radical (unpaired) electrons. The van der Waals surface area contributed by atoms with Crippen LogP contribution in [0.5, 0.6) is 0 Å². The number of rotatable bonds is 4. The van der Waals surface area contributed by atoms with E-state index in [1.54, 1.807) is 0 Å². The fourth-order valence-corrected chi connectivity index (χ4v) is 3.29. The Morgan fingerprint density at radius 3 is 2.40 bits per heavy atom. The lowest BCUT2D eigenvalue weighted by atomic mass is 9.97. The van der Waals surface area contributed by atoms with Crippen LogP contribution in [0.3, 0.4) is 0 Å². The third-order valence-corrected chi connectivity index (χ3v) is 4.32. The second-order valence-corrected chi connectivity index (χ2v) is 5.94. The molecule has 2 heteroatoms. The van der Waals surface area contributed by atoms with Gasteiger partial charge in [-0.05, 0) is 55.6 Å². The lowest BCUT2D eigenvalue weighted by Crippen LogP contribution is -2.27. The summed E-state index contributed by atoms with van der Waals surface area (Å²) in [4.78, 5) is 2.61. The average molecular weight is 286 g/mol. The van der Waals surface area contributed by atoms with Crippen LogP contribution in [-0.2, 0) is 6.42 Å². The monoisotopic (exact) mass is 285 g/mol. The Morgan fingerprint density at radius 2 is 1.70 bits per heavy atom. The first-order valence-corrected chi connectivity index (χ1v) is 7.74. The highest BCUT2D eigenvalue weighted by Gasteiger charge is 2.23. The Morgan fingerprint density at radius 1 is 0.950 bits per heavy atom. The second-order valence-electron chi connectivity index (χ2n) is 5.50. The van der Waals surface area contributed by atoms with Gasteiger partial charge >= 0.3 is 0 Å². The summed E-state index contributed by atoms with van der Waals surface area (Å²) in [5.41, 5.74) is 2.73. The Balaban J connectivity index is 1.85. The Bertz CT molecular complexity index is 546. The molecule has 0 amide bonds. The van der Waals surface area contributed by atoms with Gasteiger partial charge in [0, 0.05) is 11.1 Å². The molecule has 1 aliphatic rings. The van der Waals surface area contributed by atoms with Gasteiger partial charge in [0.1, 0.15) is 0 Å². The third kappa shape index (κ3) is 3.23. The molecule has 1 atom stereocenters. The van der Waals surface area contributed by atoms with Gasteiger partial charge in [0.15, 0.2) is 0 Å². The smallest absolute Gasteiger partial charge is 0.0408 e. The van der Waals surface area contributed by atoms with Crippen LogP contribution in [0.15, 0.2) is 54.6 Å². The molecule has 1 heterocycles. The molecular formula is C18H20ClN. The van der Waals surface area contributed by atoms with Crippen LogP contribution in [0.1, 0.15) is 30.0 Å². The van der Waals surface area contributed by atoms with Crippen LogP contribution in [0, 0.1) is 0 Å². The van der Waals surface area contributed by atoms with E-state index in [9.17, 15) is 0 Å². The van der Waals surface area contributed by atoms with Crippen LogP contribution < -0.4 is 0 Å². The zero-order chi connectivity index (χ0) is 13.8. The normalized spacial score (nSPS) is 17.2. The Hall–Kier alpha value is -1.31. The van der Waals surface area contributed by atoms with Crippen molar-refractivity contribution in [1.82, 2.24) is 4.90 Å². The summed E-state index contributed by atoms with van der Waals surface area (Å²) in [5, 5.41) is 0.829. The molecule has 1 saturated heterocycles. The van der Waals surface area contributed by atoms with Crippen molar-refractivity contribution in [2.75, 3.05) is 13.1 Å². The minimum Gasteiger partial charge on any atom is -0.296 e. The highest BCUT2D eigenvalue weighted by Crippen LogP contribution is 2.29. The molecule has 2 aromatic rings. The van der Waals surface area contributed by atoms with Crippen molar-refractivity contribution in [2.45, 2.75) is 25.3 Å². The highest BCUT2D eigenvalue weighted by molar-refractivity contribution is 6.30. The van der Waals surface area contributed by atoms with E-state index in [0.29, 0.717) is 6.04 Å². The molecule has 2 aromatic carbocycles. The van der Waals surface area contributed by atoms with Gasteiger partial charge in [-0.1, -0.05) is 54.1 Å². The van der Waals surface area contributed by atoms with E-state index in [1.165, 1.54) is 37.1 Å². The minimum absolute atomic E-state index is 0.470. The Kier molecular flexibility index (Phi) is 4.39. The zero-order valence-electron chi connectivity index (χ0n) is 11.6. The van der Waals surface area contributed by atoms with Gasteiger partial charge in [0.25, 0.3) is 0 Å². The summed E-state index contributed by atoms with van der Waals surface area (Å²) in [5.74, 6) is 0. The van der Waals surface area contributed by atoms with Gasteiger partial charge in [-0.3, -0.25) is 4.90 Å². The van der Waals surface area contributed by atoms with E-state index in [-0.39, 0.29) is 0 Å². The molecule has 0 saturated carbocycles. The van der Waals surface area contributed by atoms with Crippen molar-refractivity contribution in [3.8, 4) is 0 Å². The van der Waals surface area contributed by atoms with Gasteiger partial charge in [0.05, 0.1) is 0 Å². The highest BCUT2D eigenvalue weighted by atomic mass is 35.5. The van der Waals surface area contributed by atoms with E-state index in [2.05, 4.69) is 47.4 Å². The molecule has 0 spiro atoms. The van der Waals surface area contributed by atoms with Crippen molar-refractivity contribution >= 4 is 11.6 Å². The van der Waals surface area contributed by atoms with Crippen LogP contribution in [0.2, 0.25) is 5.02 Å². The number of benzene rings is 2. The molecule has 1 fully saturated rings. The molecular weight excluding hydrogens is 266 g/mol. The first-order chi connectivity index (χ1) is 9.83. The van der Waals surface area contributed by atoms with Crippen molar-refractivity contribution < 1.29 is 0 Å². The number of likely N-dealkylation sites (tertiary alicyclic amines) is 1. The molecule has 104 valence electrons. The maximum Gasteiger partial charge on any atom is 0.0408 e. The molecule has 0 aromatic heterocycles. The summed E-state index contributed by atoms with van der Waals surface area (Å²) >= 11 is 6.12. The first-order valence-electron chi connectivity index (χ1n) is 7.36. The van der Waals surface area contributed by atoms with Crippen LogP contribution in [0.25, 0.3) is 0 Å². The predicted molar refractivity (Wildman–Crippen MR) is 85.1 cm³/mol. The van der Waals surface area contributed by atoms with E-state index < -0.39 is 0 Å². The molecule has 0 aliphatic carbocycles. The molecule has 0 N–H and O–H groups in total. The quantitative estimate of drug-likeness (QED) is 0.786. The lowest BCUT2D eigenvalue weighted by Gasteiger charge is -2.28. The van der Waals surface area contributed by atoms with E-state index in [4.69, 9.17) is 11.6 Å². The summed E-state index contributed by atoms with van der Waals surface area (Å²) in [6.07, 6.45) is 3.67. The summed E-state index contributed by atoms with van der Waals surface area (Å²) < 4.78 is 0. The molecule has 3 rings (SSSR count). The summed E-state index contributed by atoms with van der Waals surface area (Å²) in [6, 6.07) is 19.6. The van der Waals surface area contributed by atoms with Crippen molar-refractivity contribution in [3.05, 3.63) is 70.7 Å². The second kappa shape index (κ2) is 6.43. The predicted octanol–water partition coefficient (Wildman–Crippen LogP) is 4.72. The third-order valence-electron chi connectivity index (χ3n) is 4.08. The van der Waals surface area contributed by atoms with Crippen LogP contribution in [-0.4, -0.2) is 18.0 Å². The number of halogens is 1. The van der Waals surface area contributed by atoms with E-state index in [0.717, 1.165) is 11.4 Å². The maximum atomic E-state index is 6.12. The fourth-order valence-electron chi connectivity index (χ4n) is 3.07. The van der Waals surface area contributed by atoms with Gasteiger partial charge in [0.2, 0.25) is 0 Å². The average Bonchev–Trinajstić information content (AvgIpc) is 3.00. The zero-order valence-corrected chi connectivity index (χ0v) is 12.4. The van der Waals surface area contributed by atoms with Crippen molar-refractivity contribution in [2.24, 2.45) is 0 Å². The van der Waals surface area contributed by atoms with Gasteiger partial charge in [-0.15, -0.1) is 0 Å².